The van der Waals surface area contributed by atoms with E-state index in [4.69, 9.17) is 15.2 Å². The van der Waals surface area contributed by atoms with Gasteiger partial charge in [-0.2, -0.15) is 0 Å². The summed E-state index contributed by atoms with van der Waals surface area (Å²) >= 11 is 0. The highest BCUT2D eigenvalue weighted by Crippen LogP contribution is 2.27. The second kappa shape index (κ2) is 5.09. The van der Waals surface area contributed by atoms with Crippen molar-refractivity contribution < 1.29 is 19.0 Å². The van der Waals surface area contributed by atoms with Crippen LogP contribution in [0.1, 0.15) is 5.56 Å². The van der Waals surface area contributed by atoms with Crippen molar-refractivity contribution in [3.05, 3.63) is 23.8 Å². The maximum atomic E-state index is 10.4. The van der Waals surface area contributed by atoms with Gasteiger partial charge in [0.15, 0.2) is 11.5 Å². The molecule has 5 heteroatoms. The van der Waals surface area contributed by atoms with Gasteiger partial charge in [0.1, 0.15) is 6.61 Å². The Bertz CT molecular complexity index is 351. The highest BCUT2D eigenvalue weighted by molar-refractivity contribution is 5.64. The van der Waals surface area contributed by atoms with Crippen LogP contribution in [0.25, 0.3) is 0 Å². The third kappa shape index (κ3) is 3.05. The predicted octanol–water partition coefficient (Wildman–Crippen LogP) is 1.30. The number of hydrogen-bond donors (Lipinski definition) is 1. The highest BCUT2D eigenvalue weighted by Gasteiger charge is 2.05. The van der Waals surface area contributed by atoms with Crippen LogP contribution < -0.4 is 15.2 Å². The molecule has 0 heterocycles. The highest BCUT2D eigenvalue weighted by atomic mass is 16.5. The van der Waals surface area contributed by atoms with Crippen LogP contribution in [0.2, 0.25) is 0 Å². The van der Waals surface area contributed by atoms with Gasteiger partial charge in [0, 0.05) is 0 Å². The number of carbonyl (C=O) groups is 1. The quantitative estimate of drug-likeness (QED) is 0.814. The fourth-order valence-electron chi connectivity index (χ4n) is 1.12. The molecule has 0 aliphatic carbocycles. The SMILES string of the molecule is COc1ccc(COC(N)=O)cc1OC. The molecule has 0 bridgehead atoms. The van der Waals surface area contributed by atoms with Crippen LogP contribution in [-0.2, 0) is 11.3 Å². The van der Waals surface area contributed by atoms with E-state index in [-0.39, 0.29) is 6.61 Å². The van der Waals surface area contributed by atoms with Gasteiger partial charge >= 0.3 is 6.09 Å². The molecule has 1 rings (SSSR count). The second-order valence-corrected chi connectivity index (χ2v) is 2.80. The number of benzene rings is 1. The van der Waals surface area contributed by atoms with Gasteiger partial charge in [-0.3, -0.25) is 0 Å². The minimum atomic E-state index is -0.801. The molecule has 2 N–H and O–H groups in total. The number of rotatable bonds is 4. The van der Waals surface area contributed by atoms with E-state index in [2.05, 4.69) is 4.74 Å². The molecule has 0 saturated heterocycles. The van der Waals surface area contributed by atoms with Crippen LogP contribution in [-0.4, -0.2) is 20.3 Å². The third-order valence-electron chi connectivity index (χ3n) is 1.83. The summed E-state index contributed by atoms with van der Waals surface area (Å²) in [7, 11) is 3.09. The van der Waals surface area contributed by atoms with Gasteiger partial charge in [-0.25, -0.2) is 4.79 Å². The molecule has 5 nitrogen and oxygen atoms in total. The van der Waals surface area contributed by atoms with Crippen LogP contribution in [0.15, 0.2) is 18.2 Å². The van der Waals surface area contributed by atoms with E-state index in [1.54, 1.807) is 25.3 Å². The molecule has 0 spiro atoms. The number of amides is 1. The van der Waals surface area contributed by atoms with Crippen LogP contribution in [0.4, 0.5) is 4.79 Å². The van der Waals surface area contributed by atoms with Gasteiger partial charge in [-0.1, -0.05) is 6.07 Å². The molecule has 82 valence electrons. The summed E-state index contributed by atoms with van der Waals surface area (Å²) < 4.78 is 14.8. The summed E-state index contributed by atoms with van der Waals surface area (Å²) in [6.45, 7) is 0.121. The molecule has 1 amide bonds. The molecule has 0 fully saturated rings. The molecule has 15 heavy (non-hydrogen) atoms. The number of ether oxygens (including phenoxy) is 3. The Kier molecular flexibility index (Phi) is 3.79. The monoisotopic (exact) mass is 211 g/mol. The molecule has 0 aliphatic heterocycles. The lowest BCUT2D eigenvalue weighted by Crippen LogP contribution is -2.12. The number of carbonyl (C=O) groups excluding carboxylic acids is 1. The van der Waals surface area contributed by atoms with Gasteiger partial charge in [0.25, 0.3) is 0 Å². The first-order valence-electron chi connectivity index (χ1n) is 4.30. The first-order valence-corrected chi connectivity index (χ1v) is 4.30. The zero-order chi connectivity index (χ0) is 11.3. The molecule has 0 aromatic heterocycles. The van der Waals surface area contributed by atoms with Gasteiger partial charge in [-0.05, 0) is 17.7 Å². The van der Waals surface area contributed by atoms with Gasteiger partial charge in [-0.15, -0.1) is 0 Å². The van der Waals surface area contributed by atoms with Gasteiger partial charge < -0.3 is 19.9 Å². The maximum absolute atomic E-state index is 10.4. The fraction of sp³-hybridized carbons (Fsp3) is 0.300. The van der Waals surface area contributed by atoms with E-state index in [9.17, 15) is 4.79 Å². The van der Waals surface area contributed by atoms with Crippen molar-refractivity contribution >= 4 is 6.09 Å². The van der Waals surface area contributed by atoms with Gasteiger partial charge in [0.05, 0.1) is 14.2 Å². The fourth-order valence-corrected chi connectivity index (χ4v) is 1.12. The average molecular weight is 211 g/mol. The van der Waals surface area contributed by atoms with Crippen LogP contribution in [0.3, 0.4) is 0 Å². The lowest BCUT2D eigenvalue weighted by molar-refractivity contribution is 0.150. The lowest BCUT2D eigenvalue weighted by atomic mass is 10.2. The Hall–Kier alpha value is -1.91. The summed E-state index contributed by atoms with van der Waals surface area (Å²) in [5.74, 6) is 1.21. The van der Waals surface area contributed by atoms with Gasteiger partial charge in [0.2, 0.25) is 0 Å². The summed E-state index contributed by atoms with van der Waals surface area (Å²) in [4.78, 5) is 10.4. The standard InChI is InChI=1S/C10H13NO4/c1-13-8-4-3-7(5-9(8)14-2)6-15-10(11)12/h3-5H,6H2,1-2H3,(H2,11,12). The second-order valence-electron chi connectivity index (χ2n) is 2.80. The first-order chi connectivity index (χ1) is 7.17. The van der Waals surface area contributed by atoms with Crippen molar-refractivity contribution in [3.8, 4) is 11.5 Å². The predicted molar refractivity (Wildman–Crippen MR) is 53.9 cm³/mol. The van der Waals surface area contributed by atoms with E-state index < -0.39 is 6.09 Å². The molecule has 1 aromatic carbocycles. The Morgan fingerprint density at radius 1 is 1.27 bits per heavy atom. The molecule has 0 unspecified atom stereocenters. The summed E-state index contributed by atoms with van der Waals surface area (Å²) in [6, 6.07) is 5.23. The van der Waals surface area contributed by atoms with Crippen LogP contribution >= 0.6 is 0 Å². The van der Waals surface area contributed by atoms with Crippen LogP contribution in [0.5, 0.6) is 11.5 Å². The lowest BCUT2D eigenvalue weighted by Gasteiger charge is -2.09. The van der Waals surface area contributed by atoms with Crippen molar-refractivity contribution in [1.29, 1.82) is 0 Å². The Morgan fingerprint density at radius 3 is 2.47 bits per heavy atom. The summed E-state index contributed by atoms with van der Waals surface area (Å²) in [6.07, 6.45) is -0.801. The molecule has 0 atom stereocenters. The zero-order valence-corrected chi connectivity index (χ0v) is 8.65. The topological polar surface area (TPSA) is 70.8 Å². The van der Waals surface area contributed by atoms with E-state index >= 15 is 0 Å². The van der Waals surface area contributed by atoms with Crippen molar-refractivity contribution in [2.45, 2.75) is 6.61 Å². The Morgan fingerprint density at radius 2 is 1.93 bits per heavy atom. The van der Waals surface area contributed by atoms with E-state index in [0.29, 0.717) is 11.5 Å². The molecule has 0 saturated carbocycles. The molecule has 0 radical (unpaired) electrons. The van der Waals surface area contributed by atoms with Crippen molar-refractivity contribution in [2.75, 3.05) is 14.2 Å². The summed E-state index contributed by atoms with van der Waals surface area (Å²) in [5.41, 5.74) is 5.63. The number of methoxy groups -OCH3 is 2. The number of hydrogen-bond acceptors (Lipinski definition) is 4. The van der Waals surface area contributed by atoms with Crippen LogP contribution in [0, 0.1) is 0 Å². The molecular formula is C10H13NO4. The first kappa shape index (κ1) is 11.2. The largest absolute Gasteiger partial charge is 0.493 e. The Balaban J connectivity index is 2.78. The number of nitrogens with two attached hydrogens (primary N) is 1. The normalized spacial score (nSPS) is 9.47. The minimum Gasteiger partial charge on any atom is -0.493 e. The third-order valence-corrected chi connectivity index (χ3v) is 1.83. The molecule has 0 aliphatic rings. The van der Waals surface area contributed by atoms with Crippen molar-refractivity contribution in [3.63, 3.8) is 0 Å². The summed E-state index contributed by atoms with van der Waals surface area (Å²) in [5, 5.41) is 0. The zero-order valence-electron chi connectivity index (χ0n) is 8.65. The van der Waals surface area contributed by atoms with Crippen molar-refractivity contribution in [2.24, 2.45) is 5.73 Å². The smallest absolute Gasteiger partial charge is 0.404 e. The minimum absolute atomic E-state index is 0.121. The molecular weight excluding hydrogens is 198 g/mol. The van der Waals surface area contributed by atoms with E-state index in [1.807, 2.05) is 0 Å². The van der Waals surface area contributed by atoms with E-state index in [1.165, 1.54) is 7.11 Å². The van der Waals surface area contributed by atoms with E-state index in [0.717, 1.165) is 5.56 Å². The number of primary amides is 1. The Labute approximate surface area is 87.7 Å². The maximum Gasteiger partial charge on any atom is 0.404 e. The average Bonchev–Trinajstić information content (AvgIpc) is 2.25. The molecule has 1 aromatic rings. The van der Waals surface area contributed by atoms with Crippen molar-refractivity contribution in [1.82, 2.24) is 0 Å².